The van der Waals surface area contributed by atoms with Crippen LogP contribution in [0.3, 0.4) is 0 Å². The first kappa shape index (κ1) is 5.72. The Morgan fingerprint density at radius 1 is 1.22 bits per heavy atom. The predicted octanol–water partition coefficient (Wildman–Crippen LogP) is 1.56. The fraction of sp³-hybridized carbons (Fsp3) is 1.00. The zero-order chi connectivity index (χ0) is 6.70. The van der Waals surface area contributed by atoms with Gasteiger partial charge in [0.1, 0.15) is 0 Å². The first-order valence-corrected chi connectivity index (χ1v) is 3.79. The van der Waals surface area contributed by atoms with Crippen LogP contribution in [0.4, 0.5) is 0 Å². The van der Waals surface area contributed by atoms with Crippen LogP contribution >= 0.6 is 0 Å². The lowest BCUT2D eigenvalue weighted by molar-refractivity contribution is -0.278. The standard InChI is InChI=1S/C8H14O/c1-6(2)7-3-8(9,4-7)5-7/h6,9H,3-5H2,1-2H3. The Morgan fingerprint density at radius 2 is 1.67 bits per heavy atom. The van der Waals surface area contributed by atoms with Gasteiger partial charge in [-0.15, -0.1) is 0 Å². The van der Waals surface area contributed by atoms with E-state index < -0.39 is 0 Å². The van der Waals surface area contributed by atoms with Gasteiger partial charge in [0.2, 0.25) is 0 Å². The largest absolute Gasteiger partial charge is 0.390 e. The van der Waals surface area contributed by atoms with Crippen LogP contribution in [0.1, 0.15) is 33.1 Å². The third kappa shape index (κ3) is 0.493. The minimum Gasteiger partial charge on any atom is -0.390 e. The lowest BCUT2D eigenvalue weighted by Gasteiger charge is -2.70. The molecule has 0 radical (unpaired) electrons. The van der Waals surface area contributed by atoms with Crippen molar-refractivity contribution in [1.82, 2.24) is 0 Å². The molecular formula is C8H14O. The maximum atomic E-state index is 9.39. The molecule has 2 bridgehead atoms. The normalized spacial score (nSPS) is 54.7. The molecule has 0 aromatic rings. The summed E-state index contributed by atoms with van der Waals surface area (Å²) in [6.45, 7) is 4.53. The quantitative estimate of drug-likeness (QED) is 0.565. The van der Waals surface area contributed by atoms with Crippen molar-refractivity contribution in [3.05, 3.63) is 0 Å². The van der Waals surface area contributed by atoms with Crippen LogP contribution in [0.5, 0.6) is 0 Å². The average Bonchev–Trinajstić information content (AvgIpc) is 1.54. The first-order chi connectivity index (χ1) is 4.06. The second-order valence-corrected chi connectivity index (χ2v) is 4.27. The van der Waals surface area contributed by atoms with Crippen molar-refractivity contribution in [3.63, 3.8) is 0 Å². The van der Waals surface area contributed by atoms with Crippen LogP contribution in [0.25, 0.3) is 0 Å². The Bertz CT molecular complexity index is 129. The van der Waals surface area contributed by atoms with Gasteiger partial charge in [0.25, 0.3) is 0 Å². The summed E-state index contributed by atoms with van der Waals surface area (Å²) in [5.74, 6) is 0.784. The van der Waals surface area contributed by atoms with E-state index in [1.54, 1.807) is 0 Å². The summed E-state index contributed by atoms with van der Waals surface area (Å²) in [6, 6.07) is 0. The molecule has 1 N–H and O–H groups in total. The van der Waals surface area contributed by atoms with E-state index in [0.717, 1.165) is 25.2 Å². The Kier molecular flexibility index (Phi) is 0.760. The molecule has 0 atom stereocenters. The third-order valence-electron chi connectivity index (χ3n) is 3.27. The van der Waals surface area contributed by atoms with Gasteiger partial charge in [0.15, 0.2) is 0 Å². The van der Waals surface area contributed by atoms with Crippen molar-refractivity contribution in [3.8, 4) is 0 Å². The van der Waals surface area contributed by atoms with Gasteiger partial charge in [-0.05, 0) is 30.6 Å². The van der Waals surface area contributed by atoms with Gasteiger partial charge >= 0.3 is 0 Å². The minimum absolute atomic E-state index is 0.190. The summed E-state index contributed by atoms with van der Waals surface area (Å²) in [5.41, 5.74) is 0.388. The zero-order valence-corrected chi connectivity index (χ0v) is 6.15. The second-order valence-electron chi connectivity index (χ2n) is 4.27. The molecule has 0 amide bonds. The van der Waals surface area contributed by atoms with E-state index in [1.165, 1.54) is 0 Å². The summed E-state index contributed by atoms with van der Waals surface area (Å²) in [7, 11) is 0. The van der Waals surface area contributed by atoms with Crippen LogP contribution in [0.15, 0.2) is 0 Å². The molecule has 0 unspecified atom stereocenters. The van der Waals surface area contributed by atoms with Gasteiger partial charge < -0.3 is 5.11 Å². The molecule has 0 aliphatic heterocycles. The second kappa shape index (κ2) is 1.20. The third-order valence-corrected chi connectivity index (χ3v) is 3.27. The van der Waals surface area contributed by atoms with E-state index >= 15 is 0 Å². The van der Waals surface area contributed by atoms with Crippen molar-refractivity contribution in [2.24, 2.45) is 11.3 Å². The lowest BCUT2D eigenvalue weighted by Crippen LogP contribution is -2.68. The van der Waals surface area contributed by atoms with Crippen molar-refractivity contribution in [2.45, 2.75) is 38.7 Å². The molecule has 0 spiro atoms. The van der Waals surface area contributed by atoms with Crippen molar-refractivity contribution < 1.29 is 5.11 Å². The highest BCUT2D eigenvalue weighted by Crippen LogP contribution is 2.70. The molecule has 0 aromatic heterocycles. The molecule has 3 rings (SSSR count). The molecule has 3 aliphatic rings. The number of hydrogen-bond donors (Lipinski definition) is 1. The van der Waals surface area contributed by atoms with Crippen LogP contribution < -0.4 is 0 Å². The minimum atomic E-state index is -0.190. The van der Waals surface area contributed by atoms with Gasteiger partial charge in [-0.3, -0.25) is 0 Å². The molecule has 52 valence electrons. The maximum absolute atomic E-state index is 9.39. The van der Waals surface area contributed by atoms with E-state index in [1.807, 2.05) is 0 Å². The van der Waals surface area contributed by atoms with Gasteiger partial charge in [-0.1, -0.05) is 13.8 Å². The Balaban J connectivity index is 2.04. The van der Waals surface area contributed by atoms with Gasteiger partial charge in [-0.2, -0.15) is 0 Å². The van der Waals surface area contributed by atoms with Gasteiger partial charge in [-0.25, -0.2) is 0 Å². The summed E-state index contributed by atoms with van der Waals surface area (Å²) in [4.78, 5) is 0. The molecule has 9 heavy (non-hydrogen) atoms. The highest BCUT2D eigenvalue weighted by molar-refractivity contribution is 5.19. The van der Waals surface area contributed by atoms with E-state index in [-0.39, 0.29) is 5.60 Å². The van der Waals surface area contributed by atoms with Crippen molar-refractivity contribution >= 4 is 0 Å². The zero-order valence-electron chi connectivity index (χ0n) is 6.15. The molecular weight excluding hydrogens is 112 g/mol. The van der Waals surface area contributed by atoms with E-state index in [9.17, 15) is 5.11 Å². The van der Waals surface area contributed by atoms with Crippen LogP contribution in [0, 0.1) is 11.3 Å². The summed E-state index contributed by atoms with van der Waals surface area (Å²) in [6.07, 6.45) is 3.24. The topological polar surface area (TPSA) is 20.2 Å². The average molecular weight is 126 g/mol. The molecule has 0 saturated heterocycles. The molecule has 0 aromatic carbocycles. The molecule has 3 fully saturated rings. The summed E-state index contributed by atoms with van der Waals surface area (Å²) < 4.78 is 0. The summed E-state index contributed by atoms with van der Waals surface area (Å²) in [5, 5.41) is 9.39. The van der Waals surface area contributed by atoms with Crippen LogP contribution in [-0.2, 0) is 0 Å². The molecule has 1 heteroatoms. The van der Waals surface area contributed by atoms with Crippen LogP contribution in [-0.4, -0.2) is 10.7 Å². The Hall–Kier alpha value is -0.0400. The maximum Gasteiger partial charge on any atom is 0.0664 e. The lowest BCUT2D eigenvalue weighted by atomic mass is 9.38. The van der Waals surface area contributed by atoms with E-state index in [0.29, 0.717) is 5.41 Å². The Labute approximate surface area is 56.1 Å². The van der Waals surface area contributed by atoms with E-state index in [2.05, 4.69) is 13.8 Å². The van der Waals surface area contributed by atoms with E-state index in [4.69, 9.17) is 0 Å². The van der Waals surface area contributed by atoms with Crippen molar-refractivity contribution in [2.75, 3.05) is 0 Å². The smallest absolute Gasteiger partial charge is 0.0664 e. The highest BCUT2D eigenvalue weighted by atomic mass is 16.3. The number of rotatable bonds is 1. The molecule has 3 aliphatic carbocycles. The fourth-order valence-corrected chi connectivity index (χ4v) is 2.42. The SMILES string of the molecule is CC(C)C12CC(O)(C1)C2. The molecule has 1 nitrogen and oxygen atoms in total. The number of aliphatic hydroxyl groups is 1. The van der Waals surface area contributed by atoms with Crippen LogP contribution in [0.2, 0.25) is 0 Å². The van der Waals surface area contributed by atoms with Gasteiger partial charge in [0, 0.05) is 0 Å². The van der Waals surface area contributed by atoms with Crippen molar-refractivity contribution in [1.29, 1.82) is 0 Å². The summed E-state index contributed by atoms with van der Waals surface area (Å²) >= 11 is 0. The molecule has 3 saturated carbocycles. The molecule has 0 heterocycles. The predicted molar refractivity (Wildman–Crippen MR) is 36.1 cm³/mol. The van der Waals surface area contributed by atoms with Gasteiger partial charge in [0.05, 0.1) is 5.60 Å². The highest BCUT2D eigenvalue weighted by Gasteiger charge is 2.67. The first-order valence-electron chi connectivity index (χ1n) is 3.79. The monoisotopic (exact) mass is 126 g/mol. The number of hydrogen-bond acceptors (Lipinski definition) is 1. The Morgan fingerprint density at radius 3 is 1.78 bits per heavy atom. The fourth-order valence-electron chi connectivity index (χ4n) is 2.42.